The molecule has 0 atom stereocenters. The van der Waals surface area contributed by atoms with E-state index in [1.54, 1.807) is 0 Å². The van der Waals surface area contributed by atoms with Gasteiger partial charge in [0.15, 0.2) is 5.69 Å². The number of furan rings is 1. The number of benzene rings is 3. The van der Waals surface area contributed by atoms with Gasteiger partial charge in [0, 0.05) is 23.3 Å². The predicted octanol–water partition coefficient (Wildman–Crippen LogP) is 7.33. The van der Waals surface area contributed by atoms with Crippen molar-refractivity contribution in [1.82, 2.24) is 0 Å². The van der Waals surface area contributed by atoms with E-state index < -0.39 is 0 Å². The lowest BCUT2D eigenvalue weighted by molar-refractivity contribution is -0.585. The van der Waals surface area contributed by atoms with E-state index in [2.05, 4.69) is 92.9 Å². The van der Waals surface area contributed by atoms with Crippen molar-refractivity contribution in [2.24, 2.45) is 0 Å². The van der Waals surface area contributed by atoms with Gasteiger partial charge in [-0.05, 0) is 37.1 Å². The minimum Gasteiger partial charge on any atom is -0.449 e. The summed E-state index contributed by atoms with van der Waals surface area (Å²) in [5, 5.41) is 3.59. The monoisotopic (exact) mass is 398 g/mol. The van der Waals surface area contributed by atoms with Gasteiger partial charge in [0.05, 0.1) is 10.4 Å². The Morgan fingerprint density at radius 1 is 0.828 bits per heavy atom. The van der Waals surface area contributed by atoms with Crippen LogP contribution in [0.25, 0.3) is 38.2 Å². The molecular formula is C26H24NOS+. The van der Waals surface area contributed by atoms with E-state index >= 15 is 0 Å². The van der Waals surface area contributed by atoms with Gasteiger partial charge in [-0.15, -0.1) is 4.57 Å². The number of hydrogen-bond acceptors (Lipinski definition) is 2. The molecule has 0 aliphatic rings. The number of thiazole rings is 1. The van der Waals surface area contributed by atoms with E-state index in [1.807, 2.05) is 17.4 Å². The van der Waals surface area contributed by atoms with Gasteiger partial charge in [0.2, 0.25) is 5.58 Å². The summed E-state index contributed by atoms with van der Waals surface area (Å²) in [6.07, 6.45) is 0. The van der Waals surface area contributed by atoms with Crippen molar-refractivity contribution in [3.63, 3.8) is 0 Å². The zero-order valence-corrected chi connectivity index (χ0v) is 18.0. The highest BCUT2D eigenvalue weighted by molar-refractivity contribution is 7.14. The molecule has 144 valence electrons. The molecule has 0 N–H and O–H groups in total. The molecule has 0 aliphatic carbocycles. The summed E-state index contributed by atoms with van der Waals surface area (Å²) >= 11 is 1.89. The van der Waals surface area contributed by atoms with E-state index in [0.29, 0.717) is 5.92 Å². The highest BCUT2D eigenvalue weighted by atomic mass is 32.1. The predicted molar refractivity (Wildman–Crippen MR) is 122 cm³/mol. The van der Waals surface area contributed by atoms with E-state index in [0.717, 1.165) is 16.9 Å². The Morgan fingerprint density at radius 3 is 2.31 bits per heavy atom. The third-order valence-electron chi connectivity index (χ3n) is 5.59. The van der Waals surface area contributed by atoms with Crippen LogP contribution in [0.3, 0.4) is 0 Å². The van der Waals surface area contributed by atoms with Gasteiger partial charge in [-0.3, -0.25) is 0 Å². The van der Waals surface area contributed by atoms with E-state index in [-0.39, 0.29) is 0 Å². The van der Waals surface area contributed by atoms with Crippen LogP contribution in [0.1, 0.15) is 35.9 Å². The summed E-state index contributed by atoms with van der Waals surface area (Å²) in [6.45, 7) is 8.95. The maximum absolute atomic E-state index is 6.42. The fourth-order valence-corrected chi connectivity index (χ4v) is 5.47. The minimum absolute atomic E-state index is 0.471. The van der Waals surface area contributed by atoms with E-state index in [9.17, 15) is 0 Å². The van der Waals surface area contributed by atoms with Crippen molar-refractivity contribution in [2.75, 3.05) is 0 Å². The van der Waals surface area contributed by atoms with Crippen molar-refractivity contribution in [1.29, 1.82) is 0 Å². The SMILES string of the molecule is Cc1ccc2c(oc3ccccc32)c1-[n+]1c(-c2ccccc2)sc(C(C)C)c1C. The van der Waals surface area contributed by atoms with Crippen LogP contribution in [-0.4, -0.2) is 0 Å². The van der Waals surface area contributed by atoms with Crippen LogP contribution < -0.4 is 4.57 Å². The van der Waals surface area contributed by atoms with Gasteiger partial charge in [-0.25, -0.2) is 0 Å². The van der Waals surface area contributed by atoms with Crippen LogP contribution in [0, 0.1) is 13.8 Å². The highest BCUT2D eigenvalue weighted by Gasteiger charge is 2.32. The largest absolute Gasteiger partial charge is 0.449 e. The summed E-state index contributed by atoms with van der Waals surface area (Å²) in [6, 6.07) is 23.4. The number of aromatic nitrogens is 1. The molecule has 2 nitrogen and oxygen atoms in total. The maximum atomic E-state index is 6.42. The average Bonchev–Trinajstić information content (AvgIpc) is 3.27. The van der Waals surface area contributed by atoms with Gasteiger partial charge < -0.3 is 4.42 Å². The van der Waals surface area contributed by atoms with Crippen molar-refractivity contribution < 1.29 is 8.98 Å². The quantitative estimate of drug-likeness (QED) is 0.291. The van der Waals surface area contributed by atoms with Crippen molar-refractivity contribution >= 4 is 33.3 Å². The second-order valence-electron chi connectivity index (χ2n) is 7.92. The molecule has 3 aromatic carbocycles. The molecule has 0 saturated carbocycles. The molecule has 5 aromatic rings. The Morgan fingerprint density at radius 2 is 1.55 bits per heavy atom. The molecule has 29 heavy (non-hydrogen) atoms. The number of nitrogens with zero attached hydrogens (tertiary/aromatic N) is 1. The normalized spacial score (nSPS) is 11.8. The molecule has 3 heteroatoms. The van der Waals surface area contributed by atoms with Crippen molar-refractivity contribution in [3.8, 4) is 16.3 Å². The van der Waals surface area contributed by atoms with Crippen LogP contribution in [0.15, 0.2) is 71.1 Å². The molecule has 5 rings (SSSR count). The van der Waals surface area contributed by atoms with Crippen molar-refractivity contribution in [3.05, 3.63) is 82.9 Å². The molecule has 0 bridgehead atoms. The standard InChI is InChI=1S/C26H24NOS/c1-16(2)25-18(4)27(26(29-25)19-10-6-5-7-11-19)23-17(3)14-15-21-20-12-8-9-13-22(20)28-24(21)23/h5-16H,1-4H3/q+1. The Balaban J connectivity index is 1.91. The Hall–Kier alpha value is -2.91. The van der Waals surface area contributed by atoms with Gasteiger partial charge in [-0.1, -0.05) is 67.6 Å². The zero-order chi connectivity index (χ0) is 20.1. The summed E-state index contributed by atoms with van der Waals surface area (Å²) in [4.78, 5) is 1.41. The van der Waals surface area contributed by atoms with Crippen LogP contribution in [-0.2, 0) is 0 Å². The number of rotatable bonds is 3. The average molecular weight is 399 g/mol. The Labute approximate surface area is 175 Å². The zero-order valence-electron chi connectivity index (χ0n) is 17.2. The van der Waals surface area contributed by atoms with Crippen LogP contribution in [0.5, 0.6) is 0 Å². The Kier molecular flexibility index (Phi) is 4.29. The van der Waals surface area contributed by atoms with E-state index in [4.69, 9.17) is 4.42 Å². The second-order valence-corrected chi connectivity index (χ2v) is 8.95. The number of aryl methyl sites for hydroxylation is 1. The molecule has 0 fully saturated rings. The molecule has 0 spiro atoms. The molecule has 2 aromatic heterocycles. The number of hydrogen-bond donors (Lipinski definition) is 0. The molecule has 0 amide bonds. The summed E-state index contributed by atoms with van der Waals surface area (Å²) < 4.78 is 8.83. The molecule has 0 saturated heterocycles. The summed E-state index contributed by atoms with van der Waals surface area (Å²) in [7, 11) is 0. The molecular weight excluding hydrogens is 374 g/mol. The first-order chi connectivity index (χ1) is 14.1. The first kappa shape index (κ1) is 18.1. The van der Waals surface area contributed by atoms with Gasteiger partial charge in [0.1, 0.15) is 5.58 Å². The lowest BCUT2D eigenvalue weighted by Crippen LogP contribution is -2.35. The molecule has 0 aliphatic heterocycles. The fourth-order valence-electron chi connectivity index (χ4n) is 4.21. The fraction of sp³-hybridized carbons (Fsp3) is 0.192. The van der Waals surface area contributed by atoms with Gasteiger partial charge in [-0.2, -0.15) is 0 Å². The first-order valence-corrected chi connectivity index (χ1v) is 10.9. The van der Waals surface area contributed by atoms with Crippen LogP contribution in [0.4, 0.5) is 0 Å². The maximum Gasteiger partial charge on any atom is 0.275 e. The van der Waals surface area contributed by atoms with Gasteiger partial charge >= 0.3 is 0 Å². The number of para-hydroxylation sites is 1. The number of fused-ring (bicyclic) bond motifs is 3. The second kappa shape index (κ2) is 6.85. The lowest BCUT2D eigenvalue weighted by atomic mass is 10.1. The highest BCUT2D eigenvalue weighted by Crippen LogP contribution is 2.37. The summed E-state index contributed by atoms with van der Waals surface area (Å²) in [5.41, 5.74) is 6.80. The smallest absolute Gasteiger partial charge is 0.275 e. The topological polar surface area (TPSA) is 17.0 Å². The third-order valence-corrected chi connectivity index (χ3v) is 7.19. The van der Waals surface area contributed by atoms with E-state index in [1.165, 1.54) is 37.5 Å². The Bertz CT molecular complexity index is 1340. The molecule has 0 radical (unpaired) electrons. The molecule has 0 unspecified atom stereocenters. The van der Waals surface area contributed by atoms with Gasteiger partial charge in [0.25, 0.3) is 10.7 Å². The lowest BCUT2D eigenvalue weighted by Gasteiger charge is -2.05. The van der Waals surface area contributed by atoms with Crippen molar-refractivity contribution in [2.45, 2.75) is 33.6 Å². The van der Waals surface area contributed by atoms with Crippen LogP contribution >= 0.6 is 11.3 Å². The van der Waals surface area contributed by atoms with Crippen LogP contribution in [0.2, 0.25) is 0 Å². The minimum atomic E-state index is 0.471. The third kappa shape index (κ3) is 2.80. The first-order valence-electron chi connectivity index (χ1n) is 10.1. The summed E-state index contributed by atoms with van der Waals surface area (Å²) in [5.74, 6) is 0.471. The molecule has 2 heterocycles.